The number of rotatable bonds is 11. The van der Waals surface area contributed by atoms with Crippen LogP contribution in [0.4, 0.5) is 9.59 Å². The van der Waals surface area contributed by atoms with Crippen LogP contribution in [0.15, 0.2) is 71.8 Å². The van der Waals surface area contributed by atoms with Gasteiger partial charge in [-0.25, -0.2) is 19.2 Å². The summed E-state index contributed by atoms with van der Waals surface area (Å²) in [5, 5.41) is 27.5. The molecule has 8 rings (SSSR count). The molecule has 4 saturated carbocycles. The summed E-state index contributed by atoms with van der Waals surface area (Å²) >= 11 is 0.888. The van der Waals surface area contributed by atoms with Crippen LogP contribution in [0.1, 0.15) is 75.8 Å². The lowest BCUT2D eigenvalue weighted by molar-refractivity contribution is -0.403. The van der Waals surface area contributed by atoms with E-state index in [-0.39, 0.29) is 30.6 Å². The van der Waals surface area contributed by atoms with Crippen molar-refractivity contribution in [3.8, 4) is 0 Å². The largest absolute Gasteiger partial charge is 0.456 e. The molecule has 1 aliphatic heterocycles. The summed E-state index contributed by atoms with van der Waals surface area (Å²) < 4.78 is 37.4. The molecule has 5 fully saturated rings. The van der Waals surface area contributed by atoms with Gasteiger partial charge in [0, 0.05) is 58.6 Å². The molecule has 5 aliphatic carbocycles. The maximum atomic E-state index is 15.8. The van der Waals surface area contributed by atoms with E-state index in [1.165, 1.54) is 45.2 Å². The molecule has 2 aromatic rings. The number of fused-ring (bicyclic) bond motifs is 2. The molecule has 0 unspecified atom stereocenters. The van der Waals surface area contributed by atoms with Crippen molar-refractivity contribution in [2.45, 2.75) is 107 Å². The molecular formula is C45H54N2O14S. The molecule has 1 saturated heterocycles. The number of aliphatic hydroxyl groups excluding tert-OH is 1. The minimum atomic E-state index is -2.23. The third-order valence-corrected chi connectivity index (χ3v) is 14.6. The number of methoxy groups -OCH3 is 1. The first-order valence-corrected chi connectivity index (χ1v) is 21.6. The quantitative estimate of drug-likeness (QED) is 0.163. The number of amides is 2. The Labute approximate surface area is 363 Å². The van der Waals surface area contributed by atoms with E-state index >= 15 is 4.79 Å². The smallest absolute Gasteiger partial charge is 0.367 e. The highest BCUT2D eigenvalue weighted by Crippen LogP contribution is 2.77. The summed E-state index contributed by atoms with van der Waals surface area (Å²) in [7, 11) is 4.32. The number of benzene rings is 2. The van der Waals surface area contributed by atoms with Crippen LogP contribution >= 0.6 is 11.8 Å². The van der Waals surface area contributed by atoms with Crippen molar-refractivity contribution in [3.05, 3.63) is 82.9 Å². The fraction of sp³-hybridized carbons (Fsp3) is 0.556. The fourth-order valence-corrected chi connectivity index (χ4v) is 11.6. The topological polar surface area (TPSA) is 214 Å². The van der Waals surface area contributed by atoms with Gasteiger partial charge in [0.25, 0.3) is 0 Å². The number of hydrogen-bond donors (Lipinski definition) is 3. The Morgan fingerprint density at radius 3 is 2.21 bits per heavy atom. The standard InChI is InChI=1S/C45H54N2O14S/c1-9-62-40(54)59-29-20-30-43(23-57-30,60-25(3)48)38-42(29,5)35(50)34(56-8)31-24(2)28(58-37(52)33(49)32(46-39(53)47(6)7)26-16-12-10-13-17-26)21-45(55)41(31,4)22-44(38,45)61-36(51)27-18-14-11-15-19-27/h10-19,28-30,32-34,38,49,55H,9,20-23H2,1-8H3,(H,46,53)/t28-,29-,30+,32-,33+,34+,38-,41-,42-,43-,44+,45-/m0/s1. The second-order valence-electron chi connectivity index (χ2n) is 17.5. The molecule has 17 heteroatoms. The van der Waals surface area contributed by atoms with Crippen LogP contribution in [-0.4, -0.2) is 131 Å². The van der Waals surface area contributed by atoms with Crippen LogP contribution in [0.3, 0.4) is 0 Å². The van der Waals surface area contributed by atoms with Crippen LogP contribution in [0, 0.1) is 16.7 Å². The first-order valence-electron chi connectivity index (χ1n) is 20.6. The molecule has 1 heterocycles. The average Bonchev–Trinajstić information content (AvgIpc) is 3.23. The Morgan fingerprint density at radius 2 is 1.65 bits per heavy atom. The van der Waals surface area contributed by atoms with E-state index in [2.05, 4.69) is 5.32 Å². The number of Topliss-reactive ketones (excluding diaryl/α,β-unsaturated/α-hetero) is 1. The second-order valence-corrected chi connectivity index (χ2v) is 18.7. The summed E-state index contributed by atoms with van der Waals surface area (Å²) in [6.07, 6.45) is -7.67. The molecule has 4 bridgehead atoms. The summed E-state index contributed by atoms with van der Waals surface area (Å²) in [6, 6.07) is 14.5. The predicted molar refractivity (Wildman–Crippen MR) is 222 cm³/mol. The van der Waals surface area contributed by atoms with Gasteiger partial charge in [0.15, 0.2) is 23.1 Å². The third-order valence-electron chi connectivity index (χ3n) is 14.0. The molecule has 2 aromatic carbocycles. The Kier molecular flexibility index (Phi) is 12.0. The number of ketones is 1. The van der Waals surface area contributed by atoms with Gasteiger partial charge >= 0.3 is 29.2 Å². The highest BCUT2D eigenvalue weighted by Gasteiger charge is 2.89. The fourth-order valence-electron chi connectivity index (χ4n) is 11.2. The average molecular weight is 879 g/mol. The molecule has 334 valence electrons. The predicted octanol–water partition coefficient (Wildman–Crippen LogP) is 4.31. The molecule has 0 radical (unpaired) electrons. The van der Waals surface area contributed by atoms with Gasteiger partial charge < -0.3 is 48.9 Å². The van der Waals surface area contributed by atoms with E-state index in [0.29, 0.717) is 16.9 Å². The number of ether oxygens (including phenoxy) is 6. The summed E-state index contributed by atoms with van der Waals surface area (Å²) in [4.78, 5) is 85.2. The highest BCUT2D eigenvalue weighted by atomic mass is 32.2. The lowest BCUT2D eigenvalue weighted by atomic mass is 9.31. The number of nitrogens with one attached hydrogen (secondary N) is 1. The molecule has 3 N–H and O–H groups in total. The Morgan fingerprint density at radius 1 is 1.00 bits per heavy atom. The normalized spacial score (nSPS) is 35.1. The molecular weight excluding hydrogens is 825 g/mol. The van der Waals surface area contributed by atoms with Crippen LogP contribution in [0.2, 0.25) is 0 Å². The Bertz CT molecular complexity index is 2170. The monoisotopic (exact) mass is 878 g/mol. The maximum Gasteiger partial charge on any atom is 0.367 e. The summed E-state index contributed by atoms with van der Waals surface area (Å²) in [5.74, 6) is -4.46. The molecule has 16 nitrogen and oxygen atoms in total. The first kappa shape index (κ1) is 45.2. The zero-order valence-corrected chi connectivity index (χ0v) is 36.8. The molecule has 12 atom stereocenters. The van der Waals surface area contributed by atoms with Crippen molar-refractivity contribution < 1.29 is 67.4 Å². The van der Waals surface area contributed by atoms with Crippen molar-refractivity contribution in [3.63, 3.8) is 0 Å². The van der Waals surface area contributed by atoms with Crippen molar-refractivity contribution in [1.82, 2.24) is 10.2 Å². The molecule has 0 spiro atoms. The van der Waals surface area contributed by atoms with Crippen molar-refractivity contribution >= 4 is 46.8 Å². The van der Waals surface area contributed by atoms with E-state index in [1.807, 2.05) is 0 Å². The minimum Gasteiger partial charge on any atom is -0.456 e. The number of esters is 3. The summed E-state index contributed by atoms with van der Waals surface area (Å²) in [5.41, 5.74) is -8.24. The van der Waals surface area contributed by atoms with Gasteiger partial charge in [0.2, 0.25) is 0 Å². The van der Waals surface area contributed by atoms with Crippen LogP contribution in [0.25, 0.3) is 0 Å². The number of carbonyl (C=O) groups is 6. The Balaban J connectivity index is 1.42. The van der Waals surface area contributed by atoms with E-state index in [1.54, 1.807) is 76.2 Å². The Hall–Kier alpha value is -4.81. The van der Waals surface area contributed by atoms with Gasteiger partial charge in [-0.15, -0.1) is 0 Å². The van der Waals surface area contributed by atoms with Gasteiger partial charge in [0.1, 0.15) is 30.0 Å². The highest BCUT2D eigenvalue weighted by molar-refractivity contribution is 8.13. The van der Waals surface area contributed by atoms with E-state index in [0.717, 1.165) is 11.8 Å². The number of aliphatic hydroxyl groups is 2. The lowest BCUT2D eigenvalue weighted by Gasteiger charge is -2.78. The first-order chi connectivity index (χ1) is 29.3. The number of urea groups is 1. The van der Waals surface area contributed by atoms with Crippen molar-refractivity contribution in [1.29, 1.82) is 0 Å². The molecule has 0 aromatic heterocycles. The number of carbonyl (C=O) groups excluding carboxylic acids is 6. The van der Waals surface area contributed by atoms with Gasteiger partial charge in [-0.3, -0.25) is 9.59 Å². The second kappa shape index (κ2) is 16.4. The van der Waals surface area contributed by atoms with Gasteiger partial charge in [0.05, 0.1) is 29.5 Å². The zero-order chi connectivity index (χ0) is 45.2. The van der Waals surface area contributed by atoms with Gasteiger partial charge in [-0.1, -0.05) is 62.4 Å². The number of thioether (sulfide) groups is 1. The maximum absolute atomic E-state index is 15.8. The van der Waals surface area contributed by atoms with Crippen LogP contribution < -0.4 is 5.32 Å². The van der Waals surface area contributed by atoms with E-state index in [4.69, 9.17) is 28.4 Å². The number of nitrogens with zero attached hydrogens (tertiary/aromatic N) is 1. The van der Waals surface area contributed by atoms with Crippen molar-refractivity contribution in [2.24, 2.45) is 16.7 Å². The zero-order valence-electron chi connectivity index (χ0n) is 36.0. The van der Waals surface area contributed by atoms with Crippen LogP contribution in [-0.2, 0) is 42.8 Å². The van der Waals surface area contributed by atoms with Crippen molar-refractivity contribution in [2.75, 3.05) is 33.6 Å². The number of hydrogen-bond acceptors (Lipinski definition) is 15. The summed E-state index contributed by atoms with van der Waals surface area (Å²) in [6.45, 7) is 7.62. The minimum absolute atomic E-state index is 0.0834. The lowest BCUT2D eigenvalue weighted by Crippen LogP contribution is -2.91. The van der Waals surface area contributed by atoms with Gasteiger partial charge in [-0.2, -0.15) is 0 Å². The van der Waals surface area contributed by atoms with Gasteiger partial charge in [-0.05, 0) is 54.5 Å². The molecule has 62 heavy (non-hydrogen) atoms. The SMILES string of the molecule is CCSC(=O)O[C@H]1C[C@H]2OC[C@@]2(OC(C)=O)[C@@H]2[C@]1(C)C(=O)[C@H](OC)C1=C(C)[C@@H](OC(=O)[C@H](O)[C@@H](NC(=O)N(C)C)c3ccccc3)C[C@]3(O)[C@@]1(C)C[C@@]23OC(=O)c1ccccc1. The molecule has 6 aliphatic rings. The van der Waals surface area contributed by atoms with E-state index in [9.17, 15) is 34.2 Å². The molecule has 2 amide bonds. The third kappa shape index (κ3) is 6.73. The van der Waals surface area contributed by atoms with E-state index < -0.39 is 112 Å². The van der Waals surface area contributed by atoms with Crippen LogP contribution in [0.5, 0.6) is 0 Å².